The van der Waals surface area contributed by atoms with E-state index in [2.05, 4.69) is 40.4 Å². The number of nitrogens with zero attached hydrogens (tertiary/aromatic N) is 5. The highest BCUT2D eigenvalue weighted by Crippen LogP contribution is 2.34. The number of halogens is 1. The van der Waals surface area contributed by atoms with Crippen LogP contribution in [0.15, 0.2) is 59.9 Å². The fraction of sp³-hybridized carbons (Fsp3) is 0.0833. The van der Waals surface area contributed by atoms with Gasteiger partial charge in [-0.05, 0) is 18.2 Å². The Balaban J connectivity index is 1.48. The van der Waals surface area contributed by atoms with Gasteiger partial charge in [-0.2, -0.15) is 5.10 Å². The second-order valence-electron chi connectivity index (χ2n) is 7.80. The molecule has 0 bridgehead atoms. The van der Waals surface area contributed by atoms with Crippen LogP contribution in [0.4, 0.5) is 10.1 Å². The molecule has 6 heterocycles. The van der Waals surface area contributed by atoms with Crippen LogP contribution in [-0.2, 0) is 4.79 Å². The van der Waals surface area contributed by atoms with Gasteiger partial charge in [0, 0.05) is 29.9 Å². The van der Waals surface area contributed by atoms with Gasteiger partial charge in [0.25, 0.3) is 0 Å². The van der Waals surface area contributed by atoms with Crippen LogP contribution < -0.4 is 5.32 Å². The zero-order valence-corrected chi connectivity index (χ0v) is 18.3. The Morgan fingerprint density at radius 2 is 2.00 bits per heavy atom. The fourth-order valence-corrected chi connectivity index (χ4v) is 3.89. The molecule has 0 aromatic carbocycles. The van der Waals surface area contributed by atoms with Gasteiger partial charge in [-0.3, -0.25) is 24.8 Å². The normalized spacial score (nSPS) is 11.4. The number of carbonyl (C=O) groups excluding carboxylic acids is 1. The predicted molar refractivity (Wildman–Crippen MR) is 127 cm³/mol. The number of aromatic nitrogens is 7. The van der Waals surface area contributed by atoms with E-state index in [0.717, 1.165) is 11.1 Å². The second kappa shape index (κ2) is 8.13. The molecule has 6 aromatic heterocycles. The highest BCUT2D eigenvalue weighted by molar-refractivity contribution is 5.97. The van der Waals surface area contributed by atoms with Crippen molar-refractivity contribution in [2.45, 2.75) is 13.3 Å². The van der Waals surface area contributed by atoms with Gasteiger partial charge in [0.15, 0.2) is 11.6 Å². The summed E-state index contributed by atoms with van der Waals surface area (Å²) >= 11 is 0. The van der Waals surface area contributed by atoms with E-state index < -0.39 is 5.82 Å². The number of furan rings is 1. The van der Waals surface area contributed by atoms with E-state index in [-0.39, 0.29) is 17.0 Å². The maximum Gasteiger partial charge on any atom is 0.224 e. The number of imidazole rings is 1. The van der Waals surface area contributed by atoms with Crippen LogP contribution in [0.5, 0.6) is 0 Å². The van der Waals surface area contributed by atoms with E-state index in [0.29, 0.717) is 45.9 Å². The molecule has 0 radical (unpaired) electrons. The number of anilines is 1. The Bertz CT molecular complexity index is 1700. The summed E-state index contributed by atoms with van der Waals surface area (Å²) in [6.45, 7) is 1.74. The molecule has 172 valence electrons. The average Bonchev–Trinajstić information content (AvgIpc) is 3.63. The minimum Gasteiger partial charge on any atom is -0.472 e. The quantitative estimate of drug-likeness (QED) is 0.333. The Morgan fingerprint density at radius 1 is 1.09 bits per heavy atom. The summed E-state index contributed by atoms with van der Waals surface area (Å²) in [5.41, 5.74) is 4.42. The minimum absolute atomic E-state index is 0.0807. The number of carbonyl (C=O) groups is 1. The Hall–Kier alpha value is -4.93. The van der Waals surface area contributed by atoms with E-state index in [9.17, 15) is 4.79 Å². The van der Waals surface area contributed by atoms with E-state index >= 15 is 4.39 Å². The third-order valence-corrected chi connectivity index (χ3v) is 5.58. The lowest BCUT2D eigenvalue weighted by atomic mass is 10.1. The molecule has 0 saturated carbocycles. The van der Waals surface area contributed by atoms with Crippen molar-refractivity contribution in [3.05, 3.63) is 61.3 Å². The number of H-pyrrole nitrogens is 2. The summed E-state index contributed by atoms with van der Waals surface area (Å²) in [4.78, 5) is 32.4. The summed E-state index contributed by atoms with van der Waals surface area (Å²) in [7, 11) is 0. The molecule has 0 aliphatic rings. The first-order valence-electron chi connectivity index (χ1n) is 10.8. The highest BCUT2D eigenvalue weighted by Gasteiger charge is 2.21. The van der Waals surface area contributed by atoms with Crippen molar-refractivity contribution in [1.82, 2.24) is 35.1 Å². The van der Waals surface area contributed by atoms with Crippen molar-refractivity contribution in [1.29, 1.82) is 0 Å². The molecule has 11 heteroatoms. The average molecular weight is 468 g/mol. The molecule has 0 aliphatic heterocycles. The Morgan fingerprint density at radius 3 is 2.83 bits per heavy atom. The minimum atomic E-state index is -0.583. The van der Waals surface area contributed by atoms with Crippen molar-refractivity contribution in [3.8, 4) is 34.0 Å². The summed E-state index contributed by atoms with van der Waals surface area (Å²) in [6, 6.07) is 5.21. The van der Waals surface area contributed by atoms with Gasteiger partial charge >= 0.3 is 0 Å². The van der Waals surface area contributed by atoms with Crippen molar-refractivity contribution in [3.63, 3.8) is 0 Å². The second-order valence-corrected chi connectivity index (χ2v) is 7.80. The molecule has 6 rings (SSSR count). The van der Waals surface area contributed by atoms with Gasteiger partial charge in [0.05, 0.1) is 47.0 Å². The lowest BCUT2D eigenvalue weighted by Crippen LogP contribution is -2.09. The first kappa shape index (κ1) is 20.7. The molecule has 35 heavy (non-hydrogen) atoms. The van der Waals surface area contributed by atoms with Gasteiger partial charge in [-0.15, -0.1) is 0 Å². The van der Waals surface area contributed by atoms with Crippen molar-refractivity contribution in [2.75, 3.05) is 5.32 Å². The summed E-state index contributed by atoms with van der Waals surface area (Å²) < 4.78 is 21.0. The van der Waals surface area contributed by atoms with Gasteiger partial charge in [-0.25, -0.2) is 9.37 Å². The van der Waals surface area contributed by atoms with E-state index in [1.807, 2.05) is 0 Å². The van der Waals surface area contributed by atoms with Gasteiger partial charge in [-0.1, -0.05) is 6.92 Å². The summed E-state index contributed by atoms with van der Waals surface area (Å²) in [5, 5.41) is 10.1. The predicted octanol–water partition coefficient (Wildman–Crippen LogP) is 4.71. The summed E-state index contributed by atoms with van der Waals surface area (Å²) in [5.74, 6) is -0.373. The molecule has 0 saturated heterocycles. The number of hydrogen-bond donors (Lipinski definition) is 3. The van der Waals surface area contributed by atoms with Crippen LogP contribution in [0.2, 0.25) is 0 Å². The van der Waals surface area contributed by atoms with Crippen LogP contribution in [-0.4, -0.2) is 41.0 Å². The standard InChI is InChI=1S/C24H17FN8O2/c1-2-17(34)29-14-7-13(8-26-9-14)20-19(25)18-16(10-28-20)32-33-23(18)24-30-15-3-5-27-21(22(15)31-24)12-4-6-35-11-12/h3-11H,2H2,1H3,(H,29,34)(H,30,31)(H,32,33). The van der Waals surface area contributed by atoms with Gasteiger partial charge in [0.2, 0.25) is 5.91 Å². The van der Waals surface area contributed by atoms with Crippen LogP contribution in [0, 0.1) is 5.82 Å². The number of fused-ring (bicyclic) bond motifs is 2. The zero-order chi connectivity index (χ0) is 23.9. The first-order valence-corrected chi connectivity index (χ1v) is 10.8. The van der Waals surface area contributed by atoms with Gasteiger partial charge < -0.3 is 14.7 Å². The van der Waals surface area contributed by atoms with Crippen LogP contribution in [0.25, 0.3) is 56.0 Å². The maximum atomic E-state index is 15.8. The molecule has 0 aliphatic carbocycles. The molecule has 10 nitrogen and oxygen atoms in total. The third kappa shape index (κ3) is 3.50. The molecular formula is C24H17FN8O2. The monoisotopic (exact) mass is 468 g/mol. The number of rotatable bonds is 5. The molecule has 6 aromatic rings. The number of nitrogens with one attached hydrogen (secondary N) is 3. The summed E-state index contributed by atoms with van der Waals surface area (Å²) in [6.07, 6.45) is 9.61. The van der Waals surface area contributed by atoms with Crippen LogP contribution in [0.3, 0.4) is 0 Å². The lowest BCUT2D eigenvalue weighted by molar-refractivity contribution is -0.115. The number of pyridine rings is 3. The topological polar surface area (TPSA) is 138 Å². The molecule has 0 unspecified atom stereocenters. The molecule has 3 N–H and O–H groups in total. The van der Waals surface area contributed by atoms with Crippen molar-refractivity contribution in [2.24, 2.45) is 0 Å². The zero-order valence-electron chi connectivity index (χ0n) is 18.3. The maximum absolute atomic E-state index is 15.8. The first-order chi connectivity index (χ1) is 17.1. The largest absolute Gasteiger partial charge is 0.472 e. The van der Waals surface area contributed by atoms with Crippen molar-refractivity contribution < 1.29 is 13.6 Å². The third-order valence-electron chi connectivity index (χ3n) is 5.58. The molecule has 1 amide bonds. The van der Waals surface area contributed by atoms with E-state index in [4.69, 9.17) is 4.42 Å². The van der Waals surface area contributed by atoms with Crippen molar-refractivity contribution >= 4 is 33.5 Å². The van der Waals surface area contributed by atoms with Gasteiger partial charge in [0.1, 0.15) is 22.6 Å². The highest BCUT2D eigenvalue weighted by atomic mass is 19.1. The SMILES string of the molecule is CCC(=O)Nc1cncc(-c2ncc3[nH]nc(-c4nc5c(-c6ccoc6)nccc5[nH]4)c3c2F)c1. The molecule has 0 spiro atoms. The number of hydrogen-bond acceptors (Lipinski definition) is 7. The molecular weight excluding hydrogens is 451 g/mol. The molecule has 0 fully saturated rings. The number of amides is 1. The van der Waals surface area contributed by atoms with Crippen LogP contribution >= 0.6 is 0 Å². The smallest absolute Gasteiger partial charge is 0.224 e. The lowest BCUT2D eigenvalue weighted by Gasteiger charge is -2.07. The Labute approximate surface area is 196 Å². The van der Waals surface area contributed by atoms with Crippen LogP contribution in [0.1, 0.15) is 13.3 Å². The molecule has 0 atom stereocenters. The number of aromatic amines is 2. The van der Waals surface area contributed by atoms with E-state index in [1.165, 1.54) is 18.6 Å². The fourth-order valence-electron chi connectivity index (χ4n) is 3.89. The van der Waals surface area contributed by atoms with E-state index in [1.54, 1.807) is 43.8 Å². The Kier molecular flexibility index (Phi) is 4.80.